The zero-order chi connectivity index (χ0) is 27.9. The maximum absolute atomic E-state index is 13.3. The van der Waals surface area contributed by atoms with Crippen LogP contribution in [-0.2, 0) is 22.5 Å². The van der Waals surface area contributed by atoms with E-state index in [9.17, 15) is 22.4 Å². The standard InChI is InChI=1S/C25H32FN2O2S.C2HF3O2/c1-3-14-28-15-11-21(12-16-28)24(18-28)30-25(29)27(17-23-9-4-19(2)31-23)13-10-20-5-7-22(26)8-6-20;3-2(4,5)1(6)7/h3-9,21,24H,1,10-18H2,2H3;(H,6,7)/q+1;/p-1/t21?,24-,28?;/m0./s1. The molecule has 3 fully saturated rings. The van der Waals surface area contributed by atoms with Gasteiger partial charge in [-0.15, -0.1) is 11.3 Å². The van der Waals surface area contributed by atoms with Gasteiger partial charge in [-0.25, -0.2) is 9.18 Å². The van der Waals surface area contributed by atoms with Crippen LogP contribution in [-0.4, -0.2) is 66.4 Å². The molecule has 3 aliphatic rings. The van der Waals surface area contributed by atoms with Crippen molar-refractivity contribution in [1.29, 1.82) is 0 Å². The number of quaternary nitrogens is 1. The van der Waals surface area contributed by atoms with Crippen molar-refractivity contribution in [2.75, 3.05) is 32.7 Å². The lowest BCUT2D eigenvalue weighted by Crippen LogP contribution is -2.64. The third kappa shape index (κ3) is 8.29. The molecule has 1 atom stereocenters. The molecule has 0 radical (unpaired) electrons. The van der Waals surface area contributed by atoms with Gasteiger partial charge in [0.25, 0.3) is 0 Å². The largest absolute Gasteiger partial charge is 0.542 e. The van der Waals surface area contributed by atoms with Crippen LogP contribution in [0.1, 0.15) is 28.2 Å². The van der Waals surface area contributed by atoms with Crippen LogP contribution in [0.3, 0.4) is 0 Å². The van der Waals surface area contributed by atoms with Crippen LogP contribution < -0.4 is 5.11 Å². The van der Waals surface area contributed by atoms with Crippen molar-refractivity contribution < 1.29 is 41.5 Å². The van der Waals surface area contributed by atoms with Crippen LogP contribution in [0.4, 0.5) is 22.4 Å². The summed E-state index contributed by atoms with van der Waals surface area (Å²) in [5.74, 6) is -2.78. The number of aliphatic carboxylic acids is 1. The highest BCUT2D eigenvalue weighted by atomic mass is 32.1. The molecule has 208 valence electrons. The number of carboxylic acid groups (broad SMARTS) is 1. The molecule has 3 aliphatic heterocycles. The molecule has 2 bridgehead atoms. The number of amides is 1. The first-order valence-electron chi connectivity index (χ1n) is 12.4. The van der Waals surface area contributed by atoms with E-state index in [-0.39, 0.29) is 18.0 Å². The number of carbonyl (C=O) groups excluding carboxylic acids is 2. The zero-order valence-corrected chi connectivity index (χ0v) is 22.0. The average Bonchev–Trinajstić information content (AvgIpc) is 3.27. The summed E-state index contributed by atoms with van der Waals surface area (Å²) in [6.45, 7) is 11.3. The number of alkyl halides is 3. The van der Waals surface area contributed by atoms with Crippen molar-refractivity contribution in [3.8, 4) is 0 Å². The zero-order valence-electron chi connectivity index (χ0n) is 21.2. The van der Waals surface area contributed by atoms with Crippen LogP contribution in [0.2, 0.25) is 0 Å². The number of piperidine rings is 3. The van der Waals surface area contributed by atoms with Gasteiger partial charge in [0.1, 0.15) is 18.3 Å². The molecule has 3 saturated heterocycles. The topological polar surface area (TPSA) is 69.7 Å². The third-order valence-electron chi connectivity index (χ3n) is 7.03. The summed E-state index contributed by atoms with van der Waals surface area (Å²) in [5, 5.41) is 8.78. The first kappa shape index (κ1) is 29.6. The second-order valence-corrected chi connectivity index (χ2v) is 11.2. The number of thiophene rings is 1. The van der Waals surface area contributed by atoms with E-state index in [0.29, 0.717) is 25.4 Å². The fraction of sp³-hybridized carbons (Fsp3) is 0.481. The van der Waals surface area contributed by atoms with Gasteiger partial charge >= 0.3 is 12.3 Å². The number of ether oxygens (including phenoxy) is 1. The van der Waals surface area contributed by atoms with Crippen molar-refractivity contribution in [3.05, 3.63) is 70.2 Å². The first-order valence-corrected chi connectivity index (χ1v) is 13.2. The normalized spacial score (nSPS) is 22.2. The number of carboxylic acids is 1. The number of hydrogen-bond donors (Lipinski definition) is 0. The second-order valence-electron chi connectivity index (χ2n) is 9.80. The molecule has 6 nitrogen and oxygen atoms in total. The summed E-state index contributed by atoms with van der Waals surface area (Å²) in [6.07, 6.45) is -0.545. The van der Waals surface area contributed by atoms with Gasteiger partial charge in [0, 0.05) is 35.1 Å². The van der Waals surface area contributed by atoms with E-state index in [0.717, 1.165) is 53.9 Å². The maximum Gasteiger partial charge on any atom is 0.430 e. The molecule has 2 aromatic rings. The van der Waals surface area contributed by atoms with Crippen LogP contribution in [0, 0.1) is 18.7 Å². The van der Waals surface area contributed by atoms with Crippen LogP contribution >= 0.6 is 11.3 Å². The molecule has 1 aromatic carbocycles. The summed E-state index contributed by atoms with van der Waals surface area (Å²) in [7, 11) is 0. The summed E-state index contributed by atoms with van der Waals surface area (Å²) < 4.78 is 51.9. The van der Waals surface area contributed by atoms with Crippen LogP contribution in [0.5, 0.6) is 0 Å². The summed E-state index contributed by atoms with van der Waals surface area (Å²) in [5.41, 5.74) is 1.01. The van der Waals surface area contributed by atoms with Gasteiger partial charge in [0.2, 0.25) is 0 Å². The van der Waals surface area contributed by atoms with E-state index < -0.39 is 12.1 Å². The fourth-order valence-corrected chi connectivity index (χ4v) is 5.90. The van der Waals surface area contributed by atoms with Crippen molar-refractivity contribution in [2.24, 2.45) is 5.92 Å². The second kappa shape index (κ2) is 12.8. The average molecular weight is 557 g/mol. The van der Waals surface area contributed by atoms with Crippen molar-refractivity contribution in [3.63, 3.8) is 0 Å². The molecule has 0 unspecified atom stereocenters. The van der Waals surface area contributed by atoms with Gasteiger partial charge in [0.15, 0.2) is 6.10 Å². The van der Waals surface area contributed by atoms with Crippen LogP contribution in [0.25, 0.3) is 0 Å². The van der Waals surface area contributed by atoms with Crippen molar-refractivity contribution >= 4 is 23.4 Å². The van der Waals surface area contributed by atoms with Crippen LogP contribution in [0.15, 0.2) is 49.1 Å². The Kier molecular flexibility index (Phi) is 9.94. The highest BCUT2D eigenvalue weighted by molar-refractivity contribution is 7.11. The van der Waals surface area contributed by atoms with E-state index in [2.05, 4.69) is 25.6 Å². The Morgan fingerprint density at radius 3 is 2.34 bits per heavy atom. The molecule has 4 heterocycles. The Morgan fingerprint density at radius 2 is 1.82 bits per heavy atom. The van der Waals surface area contributed by atoms with E-state index in [4.69, 9.17) is 14.6 Å². The number of aryl methyl sites for hydroxylation is 1. The Bertz CT molecular complexity index is 1100. The summed E-state index contributed by atoms with van der Waals surface area (Å²) in [6, 6.07) is 10.7. The predicted octanol–water partition coefficient (Wildman–Crippen LogP) is 4.47. The molecule has 0 N–H and O–H groups in total. The molecule has 5 rings (SSSR count). The number of nitrogens with zero attached hydrogens (tertiary/aromatic N) is 2. The monoisotopic (exact) mass is 556 g/mol. The molecular formula is C27H32F4N2O4S. The van der Waals surface area contributed by atoms with Gasteiger partial charge in [-0.05, 0) is 49.2 Å². The molecule has 11 heteroatoms. The summed E-state index contributed by atoms with van der Waals surface area (Å²) >= 11 is 1.71. The number of halogens is 4. The van der Waals surface area contributed by atoms with Gasteiger partial charge in [-0.2, -0.15) is 13.2 Å². The number of hydrogen-bond acceptors (Lipinski definition) is 5. The molecule has 1 amide bonds. The number of carbonyl (C=O) groups is 2. The SMILES string of the molecule is C=CC[N+]12CCC(CC1)[C@@H](OC(=O)N(CCc1ccc(F)cc1)Cc1ccc(C)s1)C2.O=C([O-])C(F)(F)F. The first-order chi connectivity index (χ1) is 17.9. The van der Waals surface area contributed by atoms with E-state index in [1.165, 1.54) is 17.0 Å². The quantitative estimate of drug-likeness (QED) is 0.273. The highest BCUT2D eigenvalue weighted by Crippen LogP contribution is 2.36. The molecule has 38 heavy (non-hydrogen) atoms. The Morgan fingerprint density at radius 1 is 1.18 bits per heavy atom. The lowest BCUT2D eigenvalue weighted by Gasteiger charge is -2.51. The molecule has 0 spiro atoms. The minimum absolute atomic E-state index is 0.0201. The van der Waals surface area contributed by atoms with Crippen molar-refractivity contribution in [1.82, 2.24) is 4.90 Å². The maximum atomic E-state index is 13.3. The van der Waals surface area contributed by atoms with Gasteiger partial charge < -0.3 is 24.0 Å². The van der Waals surface area contributed by atoms with E-state index in [1.54, 1.807) is 23.5 Å². The van der Waals surface area contributed by atoms with E-state index >= 15 is 0 Å². The number of rotatable bonds is 8. The van der Waals surface area contributed by atoms with Gasteiger partial charge in [-0.1, -0.05) is 18.7 Å². The van der Waals surface area contributed by atoms with Gasteiger partial charge in [0.05, 0.1) is 26.2 Å². The van der Waals surface area contributed by atoms with Crippen molar-refractivity contribution in [2.45, 2.75) is 45.0 Å². The number of fused-ring (bicyclic) bond motifs is 3. The van der Waals surface area contributed by atoms with Gasteiger partial charge in [-0.3, -0.25) is 0 Å². The molecule has 1 aromatic heterocycles. The highest BCUT2D eigenvalue weighted by Gasteiger charge is 2.47. The lowest BCUT2D eigenvalue weighted by molar-refractivity contribution is -0.941. The predicted molar refractivity (Wildman–Crippen MR) is 134 cm³/mol. The smallest absolute Gasteiger partial charge is 0.430 e. The summed E-state index contributed by atoms with van der Waals surface area (Å²) in [4.78, 5) is 26.2. The number of benzene rings is 1. The molecular weight excluding hydrogens is 524 g/mol. The fourth-order valence-electron chi connectivity index (χ4n) is 5.00. The molecule has 0 saturated carbocycles. The lowest BCUT2D eigenvalue weighted by atomic mass is 9.83. The third-order valence-corrected chi connectivity index (χ3v) is 8.01. The molecule has 0 aliphatic carbocycles. The van der Waals surface area contributed by atoms with E-state index in [1.807, 2.05) is 11.0 Å². The Labute approximate surface area is 223 Å². The Balaban J connectivity index is 0.000000505. The minimum atomic E-state index is -5.19. The Hall–Kier alpha value is -2.92. The minimum Gasteiger partial charge on any atom is -0.542 e.